The summed E-state index contributed by atoms with van der Waals surface area (Å²) >= 11 is 0. The van der Waals surface area contributed by atoms with Crippen LogP contribution in [0, 0.1) is 0 Å². The smallest absolute Gasteiger partial charge is 0.323 e. The lowest BCUT2D eigenvalue weighted by molar-refractivity contribution is -0.143. The van der Waals surface area contributed by atoms with Gasteiger partial charge in [-0.1, -0.05) is 49.6 Å². The number of esters is 1. The molecule has 0 bridgehead atoms. The highest BCUT2D eigenvalue weighted by Crippen LogP contribution is 2.27. The Kier molecular flexibility index (Phi) is 5.76. The number of aliphatic hydroxyl groups is 1. The Morgan fingerprint density at radius 2 is 1.95 bits per heavy atom. The molecule has 2 rings (SSSR count). The molecule has 1 aromatic carbocycles. The van der Waals surface area contributed by atoms with Crippen molar-refractivity contribution in [2.75, 3.05) is 13.7 Å². The summed E-state index contributed by atoms with van der Waals surface area (Å²) in [5, 5.41) is 13.7. The third kappa shape index (κ3) is 4.83. The lowest BCUT2D eigenvalue weighted by atomic mass is 9.84. The lowest BCUT2D eigenvalue weighted by Crippen LogP contribution is -2.49. The molecule has 1 saturated carbocycles. The number of carbonyl (C=O) groups is 1. The summed E-state index contributed by atoms with van der Waals surface area (Å²) in [6.07, 6.45) is 5.48. The predicted molar refractivity (Wildman–Crippen MR) is 82.0 cm³/mol. The van der Waals surface area contributed by atoms with Crippen molar-refractivity contribution in [2.24, 2.45) is 0 Å². The summed E-state index contributed by atoms with van der Waals surface area (Å²) in [7, 11) is 1.40. The fraction of sp³-hybridized carbons (Fsp3) is 0.588. The van der Waals surface area contributed by atoms with Crippen LogP contribution in [0.5, 0.6) is 0 Å². The number of methoxy groups -OCH3 is 1. The molecule has 1 aliphatic carbocycles. The average molecular weight is 291 g/mol. The van der Waals surface area contributed by atoms with Crippen LogP contribution in [-0.4, -0.2) is 36.4 Å². The molecule has 1 atom stereocenters. The zero-order chi connectivity index (χ0) is 15.1. The molecule has 1 aliphatic rings. The van der Waals surface area contributed by atoms with Gasteiger partial charge in [0.1, 0.15) is 6.04 Å². The largest absolute Gasteiger partial charge is 0.468 e. The normalized spacial score (nSPS) is 19.0. The summed E-state index contributed by atoms with van der Waals surface area (Å²) in [5.74, 6) is -0.279. The lowest BCUT2D eigenvalue weighted by Gasteiger charge is -2.33. The van der Waals surface area contributed by atoms with E-state index >= 15 is 0 Å². The molecule has 0 radical (unpaired) electrons. The maximum atomic E-state index is 11.9. The van der Waals surface area contributed by atoms with Crippen LogP contribution < -0.4 is 5.32 Å². The number of benzene rings is 1. The minimum Gasteiger partial charge on any atom is -0.468 e. The first-order chi connectivity index (χ1) is 10.1. The van der Waals surface area contributed by atoms with Gasteiger partial charge in [-0.25, -0.2) is 0 Å². The first-order valence-electron chi connectivity index (χ1n) is 7.70. The molecule has 1 aromatic rings. The first-order valence-corrected chi connectivity index (χ1v) is 7.70. The molecule has 4 heteroatoms. The van der Waals surface area contributed by atoms with Crippen LogP contribution in [0.25, 0.3) is 0 Å². The van der Waals surface area contributed by atoms with Crippen molar-refractivity contribution >= 4 is 5.97 Å². The van der Waals surface area contributed by atoms with Crippen LogP contribution in [0.1, 0.15) is 37.7 Å². The van der Waals surface area contributed by atoms with Crippen LogP contribution in [0.2, 0.25) is 0 Å². The van der Waals surface area contributed by atoms with Crippen LogP contribution in [0.15, 0.2) is 30.3 Å². The van der Waals surface area contributed by atoms with Gasteiger partial charge in [0.15, 0.2) is 0 Å². The second-order valence-corrected chi connectivity index (χ2v) is 5.93. The summed E-state index contributed by atoms with van der Waals surface area (Å²) < 4.78 is 4.87. The molecule has 1 fully saturated rings. The molecule has 21 heavy (non-hydrogen) atoms. The van der Waals surface area contributed by atoms with Gasteiger partial charge in [-0.2, -0.15) is 0 Å². The Labute approximate surface area is 126 Å². The SMILES string of the molecule is COC(=O)[C@H](Cc1ccccc1)NCC1(O)CCCCC1. The molecular formula is C17H25NO3. The van der Waals surface area contributed by atoms with Gasteiger partial charge in [0, 0.05) is 6.54 Å². The number of hydrogen-bond acceptors (Lipinski definition) is 4. The van der Waals surface area contributed by atoms with Crippen molar-refractivity contribution in [3.63, 3.8) is 0 Å². The number of rotatable bonds is 6. The number of carbonyl (C=O) groups excluding carboxylic acids is 1. The van der Waals surface area contributed by atoms with Gasteiger partial charge < -0.3 is 15.2 Å². The van der Waals surface area contributed by atoms with Crippen LogP contribution in [0.3, 0.4) is 0 Å². The Morgan fingerprint density at radius 1 is 1.29 bits per heavy atom. The second kappa shape index (κ2) is 7.57. The van der Waals surface area contributed by atoms with Crippen LogP contribution >= 0.6 is 0 Å². The Hall–Kier alpha value is -1.39. The van der Waals surface area contributed by atoms with Crippen molar-refractivity contribution in [3.8, 4) is 0 Å². The maximum Gasteiger partial charge on any atom is 0.323 e. The Morgan fingerprint density at radius 3 is 2.57 bits per heavy atom. The number of nitrogens with one attached hydrogen (secondary N) is 1. The van der Waals surface area contributed by atoms with Gasteiger partial charge in [0.05, 0.1) is 12.7 Å². The fourth-order valence-corrected chi connectivity index (χ4v) is 2.93. The monoisotopic (exact) mass is 291 g/mol. The van der Waals surface area contributed by atoms with E-state index in [1.54, 1.807) is 0 Å². The van der Waals surface area contributed by atoms with Gasteiger partial charge in [0.2, 0.25) is 0 Å². The van der Waals surface area contributed by atoms with E-state index in [4.69, 9.17) is 4.74 Å². The minimum atomic E-state index is -0.679. The van der Waals surface area contributed by atoms with Crippen LogP contribution in [-0.2, 0) is 16.0 Å². The van der Waals surface area contributed by atoms with Gasteiger partial charge in [-0.3, -0.25) is 4.79 Å². The number of ether oxygens (including phenoxy) is 1. The second-order valence-electron chi connectivity index (χ2n) is 5.93. The van der Waals surface area contributed by atoms with Crippen molar-refractivity contribution < 1.29 is 14.6 Å². The molecule has 0 aliphatic heterocycles. The summed E-state index contributed by atoms with van der Waals surface area (Å²) in [6.45, 7) is 0.444. The van der Waals surface area contributed by atoms with Gasteiger partial charge in [0.25, 0.3) is 0 Å². The van der Waals surface area contributed by atoms with E-state index in [2.05, 4.69) is 5.32 Å². The number of hydrogen-bond donors (Lipinski definition) is 2. The quantitative estimate of drug-likeness (QED) is 0.788. The summed E-state index contributed by atoms with van der Waals surface area (Å²) in [5.41, 5.74) is 0.400. The molecule has 0 aromatic heterocycles. The van der Waals surface area contributed by atoms with Gasteiger partial charge >= 0.3 is 5.97 Å². The zero-order valence-corrected chi connectivity index (χ0v) is 12.7. The molecule has 0 heterocycles. The topological polar surface area (TPSA) is 58.6 Å². The van der Waals surface area contributed by atoms with Crippen LogP contribution in [0.4, 0.5) is 0 Å². The van der Waals surface area contributed by atoms with E-state index in [9.17, 15) is 9.90 Å². The molecule has 0 unspecified atom stereocenters. The van der Waals surface area contributed by atoms with E-state index in [0.29, 0.717) is 13.0 Å². The van der Waals surface area contributed by atoms with E-state index in [1.807, 2.05) is 30.3 Å². The van der Waals surface area contributed by atoms with Gasteiger partial charge in [-0.05, 0) is 24.8 Å². The van der Waals surface area contributed by atoms with Crippen molar-refractivity contribution in [2.45, 2.75) is 50.2 Å². The van der Waals surface area contributed by atoms with E-state index < -0.39 is 11.6 Å². The van der Waals surface area contributed by atoms with E-state index in [1.165, 1.54) is 13.5 Å². The highest BCUT2D eigenvalue weighted by molar-refractivity contribution is 5.76. The van der Waals surface area contributed by atoms with E-state index in [-0.39, 0.29) is 5.97 Å². The molecule has 2 N–H and O–H groups in total. The highest BCUT2D eigenvalue weighted by Gasteiger charge is 2.31. The van der Waals surface area contributed by atoms with E-state index in [0.717, 1.165) is 31.2 Å². The highest BCUT2D eigenvalue weighted by atomic mass is 16.5. The fourth-order valence-electron chi connectivity index (χ4n) is 2.93. The third-order valence-corrected chi connectivity index (χ3v) is 4.23. The Bertz CT molecular complexity index is 441. The van der Waals surface area contributed by atoms with Gasteiger partial charge in [-0.15, -0.1) is 0 Å². The standard InChI is InChI=1S/C17H25NO3/c1-21-16(19)15(12-14-8-4-2-5-9-14)18-13-17(20)10-6-3-7-11-17/h2,4-5,8-9,15,18,20H,3,6-7,10-13H2,1H3/t15-/m0/s1. The zero-order valence-electron chi connectivity index (χ0n) is 12.7. The van der Waals surface area contributed by atoms with Crippen molar-refractivity contribution in [3.05, 3.63) is 35.9 Å². The predicted octanol–water partition coefficient (Wildman–Crippen LogP) is 2.06. The third-order valence-electron chi connectivity index (χ3n) is 4.23. The van der Waals surface area contributed by atoms with Crippen molar-refractivity contribution in [1.82, 2.24) is 5.32 Å². The summed E-state index contributed by atoms with van der Waals surface area (Å²) in [4.78, 5) is 11.9. The molecule has 0 saturated heterocycles. The minimum absolute atomic E-state index is 0.279. The summed E-state index contributed by atoms with van der Waals surface area (Å²) in [6, 6.07) is 9.44. The molecule has 0 spiro atoms. The maximum absolute atomic E-state index is 11.9. The molecule has 4 nitrogen and oxygen atoms in total. The molecule has 116 valence electrons. The average Bonchev–Trinajstić information content (AvgIpc) is 2.52. The molecular weight excluding hydrogens is 266 g/mol. The van der Waals surface area contributed by atoms with Crippen molar-refractivity contribution in [1.29, 1.82) is 0 Å². The first kappa shape index (κ1) is 16.0. The molecule has 0 amide bonds. The Balaban J connectivity index is 1.95.